The van der Waals surface area contributed by atoms with E-state index in [0.717, 1.165) is 16.3 Å². The number of anilines is 1. The van der Waals surface area contributed by atoms with Crippen molar-refractivity contribution in [2.75, 3.05) is 5.32 Å². The van der Waals surface area contributed by atoms with Crippen LogP contribution in [-0.2, 0) is 9.59 Å². The molecule has 3 aromatic rings. The van der Waals surface area contributed by atoms with Crippen molar-refractivity contribution < 1.29 is 9.59 Å². The Balaban J connectivity index is 1.64. The predicted molar refractivity (Wildman–Crippen MR) is 99.8 cm³/mol. The van der Waals surface area contributed by atoms with Crippen molar-refractivity contribution in [3.05, 3.63) is 77.3 Å². The Morgan fingerprint density at radius 2 is 1.60 bits per heavy atom. The lowest BCUT2D eigenvalue weighted by Crippen LogP contribution is -2.32. The molecule has 0 aliphatic heterocycles. The largest absolute Gasteiger partial charge is 0.329 e. The molecular weight excluding hydrogens is 338 g/mol. The standard InChI is InChI=1S/C19H14ClN3O2/c20-15-10-8-13(9-11-15)12-21-23-19(25)18(24)22-17-7-3-5-14-4-1-2-6-16(14)17/h1-12H,(H,22,24)(H,23,25)/b21-12+. The number of halogens is 1. The first-order valence-corrected chi connectivity index (χ1v) is 7.89. The molecular formula is C19H14ClN3O2. The van der Waals surface area contributed by atoms with E-state index in [1.54, 1.807) is 30.3 Å². The number of carbonyl (C=O) groups excluding carboxylic acids is 2. The van der Waals surface area contributed by atoms with Gasteiger partial charge in [-0.2, -0.15) is 5.10 Å². The van der Waals surface area contributed by atoms with Gasteiger partial charge in [0, 0.05) is 16.1 Å². The number of fused-ring (bicyclic) bond motifs is 1. The highest BCUT2D eigenvalue weighted by molar-refractivity contribution is 6.40. The molecule has 6 heteroatoms. The first-order valence-electron chi connectivity index (χ1n) is 7.51. The number of benzene rings is 3. The van der Waals surface area contributed by atoms with Crippen molar-refractivity contribution in [3.63, 3.8) is 0 Å². The molecule has 5 nitrogen and oxygen atoms in total. The number of nitrogens with one attached hydrogen (secondary N) is 2. The van der Waals surface area contributed by atoms with Crippen LogP contribution >= 0.6 is 11.6 Å². The summed E-state index contributed by atoms with van der Waals surface area (Å²) in [5.74, 6) is -1.64. The zero-order chi connectivity index (χ0) is 17.6. The maximum absolute atomic E-state index is 12.0. The monoisotopic (exact) mass is 351 g/mol. The van der Waals surface area contributed by atoms with Crippen molar-refractivity contribution in [2.45, 2.75) is 0 Å². The zero-order valence-corrected chi connectivity index (χ0v) is 13.8. The van der Waals surface area contributed by atoms with Crippen LogP contribution in [0.3, 0.4) is 0 Å². The van der Waals surface area contributed by atoms with Gasteiger partial charge in [-0.1, -0.05) is 60.1 Å². The zero-order valence-electron chi connectivity index (χ0n) is 13.1. The molecule has 2 N–H and O–H groups in total. The van der Waals surface area contributed by atoms with Crippen molar-refractivity contribution in [2.24, 2.45) is 5.10 Å². The van der Waals surface area contributed by atoms with Gasteiger partial charge in [-0.05, 0) is 29.1 Å². The van der Waals surface area contributed by atoms with E-state index in [2.05, 4.69) is 15.8 Å². The number of carbonyl (C=O) groups is 2. The molecule has 25 heavy (non-hydrogen) atoms. The SMILES string of the molecule is O=C(N/N=C/c1ccc(Cl)cc1)C(=O)Nc1cccc2ccccc12. The van der Waals surface area contributed by atoms with E-state index in [0.29, 0.717) is 10.7 Å². The van der Waals surface area contributed by atoms with E-state index in [1.165, 1.54) is 6.21 Å². The highest BCUT2D eigenvalue weighted by Crippen LogP contribution is 2.22. The smallest absolute Gasteiger partial charge is 0.317 e. The topological polar surface area (TPSA) is 70.6 Å². The fourth-order valence-electron chi connectivity index (χ4n) is 2.28. The first kappa shape index (κ1) is 16.7. The third kappa shape index (κ3) is 4.22. The van der Waals surface area contributed by atoms with Gasteiger partial charge in [-0.15, -0.1) is 0 Å². The van der Waals surface area contributed by atoms with E-state index in [4.69, 9.17) is 11.6 Å². The molecule has 0 saturated heterocycles. The molecule has 0 aliphatic carbocycles. The summed E-state index contributed by atoms with van der Waals surface area (Å²) in [5, 5.41) is 8.80. The minimum absolute atomic E-state index is 0.569. The molecule has 0 saturated carbocycles. The maximum atomic E-state index is 12.0. The highest BCUT2D eigenvalue weighted by Gasteiger charge is 2.14. The van der Waals surface area contributed by atoms with Crippen LogP contribution in [0.5, 0.6) is 0 Å². The highest BCUT2D eigenvalue weighted by atomic mass is 35.5. The van der Waals surface area contributed by atoms with Crippen LogP contribution in [0.2, 0.25) is 5.02 Å². The van der Waals surface area contributed by atoms with Crippen molar-refractivity contribution >= 4 is 46.1 Å². The van der Waals surface area contributed by atoms with Gasteiger partial charge >= 0.3 is 11.8 Å². The summed E-state index contributed by atoms with van der Waals surface area (Å²) in [4.78, 5) is 23.9. The molecule has 3 aromatic carbocycles. The third-order valence-electron chi connectivity index (χ3n) is 3.49. The second-order valence-corrected chi connectivity index (χ2v) is 5.67. The quantitative estimate of drug-likeness (QED) is 0.430. The van der Waals surface area contributed by atoms with Crippen LogP contribution in [0.1, 0.15) is 5.56 Å². The Hall–Kier alpha value is -3.18. The van der Waals surface area contributed by atoms with Gasteiger partial charge in [0.2, 0.25) is 0 Å². The average molecular weight is 352 g/mol. The Bertz CT molecular complexity index is 947. The van der Waals surface area contributed by atoms with Gasteiger partial charge in [0.15, 0.2) is 0 Å². The lowest BCUT2D eigenvalue weighted by Gasteiger charge is -2.07. The number of hydrogen-bond donors (Lipinski definition) is 2. The molecule has 0 bridgehead atoms. The lowest BCUT2D eigenvalue weighted by atomic mass is 10.1. The predicted octanol–water partition coefficient (Wildman–Crippen LogP) is 3.58. The molecule has 0 aromatic heterocycles. The molecule has 0 heterocycles. The van der Waals surface area contributed by atoms with Gasteiger partial charge in [0.1, 0.15) is 0 Å². The molecule has 0 fully saturated rings. The van der Waals surface area contributed by atoms with E-state index >= 15 is 0 Å². The summed E-state index contributed by atoms with van der Waals surface area (Å²) in [7, 11) is 0. The van der Waals surface area contributed by atoms with Crippen LogP contribution in [0, 0.1) is 0 Å². The summed E-state index contributed by atoms with van der Waals surface area (Å²) >= 11 is 5.79. The minimum atomic E-state index is -0.849. The van der Waals surface area contributed by atoms with Crippen molar-refractivity contribution in [1.29, 1.82) is 0 Å². The van der Waals surface area contributed by atoms with Crippen LogP contribution in [0.4, 0.5) is 5.69 Å². The normalized spacial score (nSPS) is 10.8. The lowest BCUT2D eigenvalue weighted by molar-refractivity contribution is -0.136. The number of hydrazone groups is 1. The molecule has 0 unspecified atom stereocenters. The van der Waals surface area contributed by atoms with Gasteiger partial charge in [-0.3, -0.25) is 9.59 Å². The van der Waals surface area contributed by atoms with Crippen molar-refractivity contribution in [3.8, 4) is 0 Å². The van der Waals surface area contributed by atoms with Gasteiger partial charge in [-0.25, -0.2) is 5.43 Å². The Kier molecular flexibility index (Phi) is 5.06. The second kappa shape index (κ2) is 7.59. The molecule has 0 aliphatic rings. The second-order valence-electron chi connectivity index (χ2n) is 5.23. The molecule has 0 atom stereocenters. The van der Waals surface area contributed by atoms with Crippen LogP contribution < -0.4 is 10.7 Å². The third-order valence-corrected chi connectivity index (χ3v) is 3.75. The molecule has 2 amide bonds. The summed E-state index contributed by atoms with van der Waals surface area (Å²) in [6.07, 6.45) is 1.43. The van der Waals surface area contributed by atoms with Crippen LogP contribution in [0.15, 0.2) is 71.8 Å². The summed E-state index contributed by atoms with van der Waals surface area (Å²) < 4.78 is 0. The van der Waals surface area contributed by atoms with Crippen LogP contribution in [-0.4, -0.2) is 18.0 Å². The summed E-state index contributed by atoms with van der Waals surface area (Å²) in [5.41, 5.74) is 3.52. The van der Waals surface area contributed by atoms with Crippen LogP contribution in [0.25, 0.3) is 10.8 Å². The number of nitrogens with zero attached hydrogens (tertiary/aromatic N) is 1. The van der Waals surface area contributed by atoms with Gasteiger partial charge in [0.05, 0.1) is 6.21 Å². The Labute approximate surface area is 149 Å². The maximum Gasteiger partial charge on any atom is 0.329 e. The van der Waals surface area contributed by atoms with Gasteiger partial charge in [0.25, 0.3) is 0 Å². The Morgan fingerprint density at radius 3 is 2.40 bits per heavy atom. The van der Waals surface area contributed by atoms with E-state index < -0.39 is 11.8 Å². The first-order chi connectivity index (χ1) is 12.1. The summed E-state index contributed by atoms with van der Waals surface area (Å²) in [6, 6.07) is 20.0. The fraction of sp³-hybridized carbons (Fsp3) is 0. The Morgan fingerprint density at radius 1 is 0.880 bits per heavy atom. The molecule has 0 radical (unpaired) electrons. The van der Waals surface area contributed by atoms with E-state index in [-0.39, 0.29) is 0 Å². The number of hydrogen-bond acceptors (Lipinski definition) is 3. The molecule has 0 spiro atoms. The van der Waals surface area contributed by atoms with E-state index in [9.17, 15) is 9.59 Å². The number of rotatable bonds is 3. The fourth-order valence-corrected chi connectivity index (χ4v) is 2.40. The molecule has 3 rings (SSSR count). The number of amides is 2. The minimum Gasteiger partial charge on any atom is -0.317 e. The van der Waals surface area contributed by atoms with E-state index in [1.807, 2.05) is 36.4 Å². The van der Waals surface area contributed by atoms with Crippen molar-refractivity contribution in [1.82, 2.24) is 5.43 Å². The average Bonchev–Trinajstić information content (AvgIpc) is 2.63. The van der Waals surface area contributed by atoms with Gasteiger partial charge < -0.3 is 5.32 Å². The molecule has 124 valence electrons. The summed E-state index contributed by atoms with van der Waals surface area (Å²) in [6.45, 7) is 0.